The molecule has 2 aromatic carbocycles. The van der Waals surface area contributed by atoms with Crippen molar-refractivity contribution in [2.45, 2.75) is 13.5 Å². The molecule has 0 spiro atoms. The summed E-state index contributed by atoms with van der Waals surface area (Å²) >= 11 is 0. The van der Waals surface area contributed by atoms with Crippen molar-refractivity contribution in [2.24, 2.45) is 0 Å². The van der Waals surface area contributed by atoms with Gasteiger partial charge in [0.2, 0.25) is 0 Å². The lowest BCUT2D eigenvalue weighted by Crippen LogP contribution is -1.91. The molecule has 1 heterocycles. The Morgan fingerprint density at radius 2 is 1.91 bits per heavy atom. The number of aryl methyl sites for hydroxylation is 1. The van der Waals surface area contributed by atoms with E-state index in [2.05, 4.69) is 35.5 Å². The van der Waals surface area contributed by atoms with E-state index in [1.54, 1.807) is 0 Å². The highest BCUT2D eigenvalue weighted by atomic mass is 14.9. The highest BCUT2D eigenvalue weighted by Crippen LogP contribution is 2.26. The number of nitriles is 1. The van der Waals surface area contributed by atoms with Gasteiger partial charge in [0, 0.05) is 29.2 Å². The first kappa shape index (κ1) is 14.9. The molecule has 0 amide bonds. The van der Waals surface area contributed by atoms with Gasteiger partial charge in [-0.05, 0) is 24.6 Å². The zero-order chi connectivity index (χ0) is 16.2. The van der Waals surface area contributed by atoms with E-state index in [0.29, 0.717) is 5.57 Å². The zero-order valence-corrected chi connectivity index (χ0v) is 13.2. The van der Waals surface area contributed by atoms with Crippen LogP contribution in [-0.4, -0.2) is 4.57 Å². The van der Waals surface area contributed by atoms with Crippen molar-refractivity contribution < 1.29 is 0 Å². The zero-order valence-electron chi connectivity index (χ0n) is 13.2. The van der Waals surface area contributed by atoms with E-state index >= 15 is 0 Å². The third-order valence-corrected chi connectivity index (χ3v) is 3.93. The Balaban J connectivity index is 2.13. The van der Waals surface area contributed by atoms with E-state index in [1.165, 1.54) is 5.56 Å². The Bertz CT molecular complexity index is 919. The molecule has 0 unspecified atom stereocenters. The lowest BCUT2D eigenvalue weighted by molar-refractivity contribution is 0.865. The van der Waals surface area contributed by atoms with Gasteiger partial charge in [-0.2, -0.15) is 5.26 Å². The van der Waals surface area contributed by atoms with Crippen LogP contribution in [-0.2, 0) is 6.54 Å². The summed E-state index contributed by atoms with van der Waals surface area (Å²) in [5.74, 6) is 0. The SMILES string of the molecule is C=CCn1cc(/C=C(/C#N)c2ccc(C)cc2)c2ccccc21. The Hall–Kier alpha value is -3.05. The largest absolute Gasteiger partial charge is 0.343 e. The average molecular weight is 298 g/mol. The maximum Gasteiger partial charge on any atom is 0.0998 e. The van der Waals surface area contributed by atoms with Crippen molar-refractivity contribution in [3.05, 3.63) is 84.1 Å². The molecule has 23 heavy (non-hydrogen) atoms. The maximum atomic E-state index is 9.55. The molecule has 2 nitrogen and oxygen atoms in total. The fraction of sp³-hybridized carbons (Fsp3) is 0.0952. The highest BCUT2D eigenvalue weighted by molar-refractivity contribution is 5.98. The van der Waals surface area contributed by atoms with Crippen molar-refractivity contribution in [3.63, 3.8) is 0 Å². The van der Waals surface area contributed by atoms with Crippen molar-refractivity contribution in [1.29, 1.82) is 5.26 Å². The van der Waals surface area contributed by atoms with Crippen LogP contribution in [0.15, 0.2) is 67.4 Å². The highest BCUT2D eigenvalue weighted by Gasteiger charge is 2.08. The lowest BCUT2D eigenvalue weighted by atomic mass is 10.0. The summed E-state index contributed by atoms with van der Waals surface area (Å²) in [6, 6.07) is 18.6. The normalized spacial score (nSPS) is 11.4. The van der Waals surface area contributed by atoms with Crippen molar-refractivity contribution >= 4 is 22.6 Å². The van der Waals surface area contributed by atoms with Crippen molar-refractivity contribution in [3.8, 4) is 6.07 Å². The summed E-state index contributed by atoms with van der Waals surface area (Å²) in [5, 5.41) is 10.7. The first-order valence-electron chi connectivity index (χ1n) is 7.60. The molecule has 0 aliphatic rings. The van der Waals surface area contributed by atoms with Gasteiger partial charge in [-0.1, -0.05) is 54.1 Å². The van der Waals surface area contributed by atoms with Crippen LogP contribution in [0.3, 0.4) is 0 Å². The smallest absolute Gasteiger partial charge is 0.0998 e. The van der Waals surface area contributed by atoms with Gasteiger partial charge in [-0.25, -0.2) is 0 Å². The van der Waals surface area contributed by atoms with Gasteiger partial charge < -0.3 is 4.57 Å². The quantitative estimate of drug-likeness (QED) is 0.480. The van der Waals surface area contributed by atoms with Gasteiger partial charge in [0.25, 0.3) is 0 Å². The second-order valence-corrected chi connectivity index (χ2v) is 5.58. The molecule has 1 aromatic heterocycles. The summed E-state index contributed by atoms with van der Waals surface area (Å²) in [6.07, 6.45) is 5.93. The van der Waals surface area contributed by atoms with Gasteiger partial charge in [-0.15, -0.1) is 6.58 Å². The van der Waals surface area contributed by atoms with Gasteiger partial charge in [-0.3, -0.25) is 0 Å². The van der Waals surface area contributed by atoms with E-state index in [0.717, 1.165) is 28.6 Å². The molecule has 112 valence electrons. The van der Waals surface area contributed by atoms with E-state index in [9.17, 15) is 5.26 Å². The molecule has 0 aliphatic heterocycles. The molecule has 0 saturated heterocycles. The van der Waals surface area contributed by atoms with Crippen LogP contribution in [0, 0.1) is 18.3 Å². The van der Waals surface area contributed by atoms with Gasteiger partial charge in [0.05, 0.1) is 11.6 Å². The lowest BCUT2D eigenvalue weighted by Gasteiger charge is -2.00. The third kappa shape index (κ3) is 2.95. The molecule has 0 bridgehead atoms. The monoisotopic (exact) mass is 298 g/mol. The fourth-order valence-electron chi connectivity index (χ4n) is 2.75. The minimum Gasteiger partial charge on any atom is -0.343 e. The minimum absolute atomic E-state index is 0.673. The Kier molecular flexibility index (Phi) is 4.12. The Morgan fingerprint density at radius 3 is 2.61 bits per heavy atom. The molecule has 0 radical (unpaired) electrons. The molecule has 0 aliphatic carbocycles. The molecular formula is C21H18N2. The molecule has 0 atom stereocenters. The van der Waals surface area contributed by atoms with Crippen LogP contribution < -0.4 is 0 Å². The molecule has 0 N–H and O–H groups in total. The first-order chi connectivity index (χ1) is 11.2. The molecule has 0 fully saturated rings. The maximum absolute atomic E-state index is 9.55. The number of hydrogen-bond acceptors (Lipinski definition) is 1. The number of hydrogen-bond donors (Lipinski definition) is 0. The number of aromatic nitrogens is 1. The fourth-order valence-corrected chi connectivity index (χ4v) is 2.75. The summed E-state index contributed by atoms with van der Waals surface area (Å²) in [5.41, 5.74) is 5.01. The number of fused-ring (bicyclic) bond motifs is 1. The van der Waals surface area contributed by atoms with Crippen LogP contribution in [0.4, 0.5) is 0 Å². The van der Waals surface area contributed by atoms with Crippen LogP contribution in [0.25, 0.3) is 22.6 Å². The van der Waals surface area contributed by atoms with Crippen LogP contribution >= 0.6 is 0 Å². The molecule has 2 heteroatoms. The van der Waals surface area contributed by atoms with Gasteiger partial charge in [0.15, 0.2) is 0 Å². The number of rotatable bonds is 4. The summed E-state index contributed by atoms with van der Waals surface area (Å²) in [7, 11) is 0. The van der Waals surface area contributed by atoms with Crippen LogP contribution in [0.2, 0.25) is 0 Å². The predicted octanol–water partition coefficient (Wildman–Crippen LogP) is 5.20. The van der Waals surface area contributed by atoms with Crippen molar-refractivity contribution in [2.75, 3.05) is 0 Å². The molecule has 3 aromatic rings. The second kappa shape index (κ2) is 6.37. The minimum atomic E-state index is 0.673. The van der Waals surface area contributed by atoms with Crippen LogP contribution in [0.1, 0.15) is 16.7 Å². The van der Waals surface area contributed by atoms with E-state index < -0.39 is 0 Å². The average Bonchev–Trinajstić information content (AvgIpc) is 2.92. The second-order valence-electron chi connectivity index (χ2n) is 5.58. The predicted molar refractivity (Wildman–Crippen MR) is 96.8 cm³/mol. The topological polar surface area (TPSA) is 28.7 Å². The molecule has 3 rings (SSSR count). The first-order valence-corrected chi connectivity index (χ1v) is 7.60. The summed E-state index contributed by atoms with van der Waals surface area (Å²) < 4.78 is 2.15. The summed E-state index contributed by atoms with van der Waals surface area (Å²) in [6.45, 7) is 6.61. The van der Waals surface area contributed by atoms with Gasteiger partial charge in [0.1, 0.15) is 0 Å². The number of nitrogens with zero attached hydrogens (tertiary/aromatic N) is 2. The molecular weight excluding hydrogens is 280 g/mol. The third-order valence-electron chi connectivity index (χ3n) is 3.93. The number of para-hydroxylation sites is 1. The van der Waals surface area contributed by atoms with E-state index in [-0.39, 0.29) is 0 Å². The van der Waals surface area contributed by atoms with Gasteiger partial charge >= 0.3 is 0 Å². The Labute approximate surface area is 136 Å². The number of benzene rings is 2. The van der Waals surface area contributed by atoms with E-state index in [1.807, 2.05) is 55.5 Å². The molecule has 0 saturated carbocycles. The summed E-state index contributed by atoms with van der Waals surface area (Å²) in [4.78, 5) is 0. The Morgan fingerprint density at radius 1 is 1.17 bits per heavy atom. The van der Waals surface area contributed by atoms with Crippen molar-refractivity contribution in [1.82, 2.24) is 4.57 Å². The standard InChI is InChI=1S/C21H18N2/c1-3-12-23-15-19(20-6-4-5-7-21(20)23)13-18(14-22)17-10-8-16(2)9-11-17/h3-11,13,15H,1,12H2,2H3/b18-13-. The van der Waals surface area contributed by atoms with E-state index in [4.69, 9.17) is 0 Å². The van der Waals surface area contributed by atoms with Crippen LogP contribution in [0.5, 0.6) is 0 Å². The number of allylic oxidation sites excluding steroid dienone is 2.